The quantitative estimate of drug-likeness (QED) is 0.0783. The summed E-state index contributed by atoms with van der Waals surface area (Å²) in [5.74, 6) is 3.45. The number of pyridine rings is 3. The maximum Gasteiger partial charge on any atom is 0.410 e. The van der Waals surface area contributed by atoms with Crippen LogP contribution in [-0.2, 0) is 17.8 Å². The highest BCUT2D eigenvalue weighted by atomic mass is 35.5. The van der Waals surface area contributed by atoms with E-state index in [0.29, 0.717) is 60.0 Å². The van der Waals surface area contributed by atoms with E-state index in [1.54, 1.807) is 25.2 Å². The molecular formula is C64H70BCl4N15O5. The summed E-state index contributed by atoms with van der Waals surface area (Å²) in [7, 11) is 3.04. The number of hydrogen-bond donors (Lipinski definition) is 4. The zero-order chi connectivity index (χ0) is 62.3. The van der Waals surface area contributed by atoms with Crippen molar-refractivity contribution in [1.82, 2.24) is 65.1 Å². The van der Waals surface area contributed by atoms with Gasteiger partial charge in [-0.15, -0.1) is 0 Å². The monoisotopic (exact) mass is 1280 g/mol. The summed E-state index contributed by atoms with van der Waals surface area (Å²) in [6.07, 6.45) is 5.60. The molecule has 11 aromatic rings. The van der Waals surface area contributed by atoms with Crippen LogP contribution in [0.5, 0.6) is 11.5 Å². The third kappa shape index (κ3) is 15.1. The predicted octanol–water partition coefficient (Wildman–Crippen LogP) is 11.5. The Morgan fingerprint density at radius 2 is 1.03 bits per heavy atom. The summed E-state index contributed by atoms with van der Waals surface area (Å²) in [4.78, 5) is 35.0. The highest BCUT2D eigenvalue weighted by Gasteiger charge is 2.29. The van der Waals surface area contributed by atoms with Gasteiger partial charge < -0.3 is 49.4 Å². The number of amides is 1. The van der Waals surface area contributed by atoms with Gasteiger partial charge in [0.2, 0.25) is 0 Å². The van der Waals surface area contributed by atoms with E-state index < -0.39 is 5.60 Å². The average Bonchev–Trinajstić information content (AvgIpc) is 2.35. The molecule has 14 rings (SSSR count). The molecule has 1 amide bonds. The molecule has 3 fully saturated rings. The lowest BCUT2D eigenvalue weighted by Crippen LogP contribution is -2.50. The number of ether oxygens (including phenoxy) is 3. The maximum absolute atomic E-state index is 12.5. The number of carbonyl (C=O) groups excluding carboxylic acids is 1. The first-order chi connectivity index (χ1) is 43.0. The minimum Gasteiger partial charge on any atom is -0.497 e. The van der Waals surface area contributed by atoms with Crippen molar-refractivity contribution in [1.29, 1.82) is 0 Å². The Kier molecular flexibility index (Phi) is 19.8. The smallest absolute Gasteiger partial charge is 0.410 e. The zero-order valence-corrected chi connectivity index (χ0v) is 53.5. The van der Waals surface area contributed by atoms with E-state index in [1.165, 1.54) is 0 Å². The van der Waals surface area contributed by atoms with Crippen LogP contribution in [0.15, 0.2) is 122 Å². The number of fused-ring (bicyclic) bond motifs is 9. The minimum atomic E-state index is -0.516. The lowest BCUT2D eigenvalue weighted by atomic mass is 9.84. The van der Waals surface area contributed by atoms with E-state index >= 15 is 0 Å². The fourth-order valence-electron chi connectivity index (χ4n) is 11.0. The van der Waals surface area contributed by atoms with Crippen molar-refractivity contribution in [2.45, 2.75) is 46.3 Å². The van der Waals surface area contributed by atoms with Gasteiger partial charge in [-0.2, -0.15) is 15.3 Å². The van der Waals surface area contributed by atoms with Gasteiger partial charge in [-0.3, -0.25) is 14.5 Å². The highest BCUT2D eigenvalue weighted by molar-refractivity contribution is 6.45. The molecule has 4 N–H and O–H groups in total. The third-order valence-electron chi connectivity index (χ3n) is 15.5. The maximum atomic E-state index is 12.5. The molecule has 6 aromatic heterocycles. The Labute approximate surface area is 536 Å². The van der Waals surface area contributed by atoms with Crippen molar-refractivity contribution >= 4 is 137 Å². The van der Waals surface area contributed by atoms with Crippen LogP contribution in [0.25, 0.3) is 65.4 Å². The summed E-state index contributed by atoms with van der Waals surface area (Å²) >= 11 is 24.9. The first kappa shape index (κ1) is 62.9. The Hall–Kier alpha value is -7.73. The number of nitrogens with zero attached hydrogens (tertiary/aromatic N) is 12. The van der Waals surface area contributed by atoms with Crippen LogP contribution in [0.3, 0.4) is 0 Å². The number of piperazine rings is 3. The molecule has 5 aromatic carbocycles. The van der Waals surface area contributed by atoms with Gasteiger partial charge in [-0.1, -0.05) is 70.7 Å². The van der Waals surface area contributed by atoms with Gasteiger partial charge in [0.05, 0.1) is 50.1 Å². The van der Waals surface area contributed by atoms with Crippen LogP contribution >= 0.6 is 46.4 Å². The summed E-state index contributed by atoms with van der Waals surface area (Å²) in [5, 5.41) is 40.8. The molecule has 3 aliphatic heterocycles. The number of rotatable bonds is 9. The molecule has 0 atom stereocenters. The molecule has 0 aliphatic carbocycles. The molecule has 20 nitrogen and oxygen atoms in total. The largest absolute Gasteiger partial charge is 0.497 e. The fraction of sp³-hybridized carbons (Fsp3) is 0.328. The van der Waals surface area contributed by atoms with Crippen LogP contribution in [0.2, 0.25) is 27.0 Å². The second-order valence-corrected chi connectivity index (χ2v) is 24.6. The molecule has 0 saturated carbocycles. The average molecular weight is 1280 g/mol. The number of aromatic nitrogens is 9. The summed E-state index contributed by atoms with van der Waals surface area (Å²) in [6.45, 7) is 18.9. The fourth-order valence-corrected chi connectivity index (χ4v) is 11.7. The number of anilines is 2. The molecule has 3 saturated heterocycles. The second kappa shape index (κ2) is 28.0. The summed E-state index contributed by atoms with van der Waals surface area (Å²) in [5.41, 5.74) is 6.84. The molecule has 3 aliphatic rings. The van der Waals surface area contributed by atoms with Gasteiger partial charge in [0.1, 0.15) is 33.7 Å². The number of benzene rings is 5. The van der Waals surface area contributed by atoms with Gasteiger partial charge in [-0.05, 0) is 118 Å². The van der Waals surface area contributed by atoms with Gasteiger partial charge in [0.25, 0.3) is 0 Å². The van der Waals surface area contributed by atoms with Crippen LogP contribution in [0.4, 0.5) is 16.4 Å². The molecule has 0 bridgehead atoms. The van der Waals surface area contributed by atoms with E-state index in [9.17, 15) is 4.79 Å². The van der Waals surface area contributed by atoms with E-state index in [1.807, 2.05) is 146 Å². The van der Waals surface area contributed by atoms with Gasteiger partial charge in [-0.25, -0.2) is 19.7 Å². The Bertz CT molecular complexity index is 4260. The van der Waals surface area contributed by atoms with E-state index in [2.05, 4.69) is 51.7 Å². The van der Waals surface area contributed by atoms with E-state index in [4.69, 9.17) is 80.7 Å². The highest BCUT2D eigenvalue weighted by Crippen LogP contribution is 2.35. The Balaban J connectivity index is 0.000000133. The van der Waals surface area contributed by atoms with Gasteiger partial charge in [0, 0.05) is 138 Å². The van der Waals surface area contributed by atoms with Crippen molar-refractivity contribution in [3.63, 3.8) is 0 Å². The standard InChI is InChI=1S/C27H30ClN5O3.C18H13Cl2N3O.C14H14ClN5.C5H13BN2O/c1-27(2,3)36-26(34)32-13-11-31(12-14-32)25-24-22(21-15-19(28)7-10-23(21)29-25)17-33(30-24)16-18-5-8-20(35-4)9-6-18;1-24-13-5-2-11(3-6-13)9-23-10-15-14-8-12(19)4-7-16(14)21-18(20)17(15)22-23;15-9-1-2-12-10(7-9)11-8-17-19-13(11)14(18-12)20-5-3-16-4-6-20;1-6(9)8-4-2-7-3-5-8/h5-10,15,17H,11-14,16H2,1-4H3;2-8,10H,9H2,1H3;1-2,7-8,16H,3-6H2,(H,17,19);7,9H,2-5H2,1H3. The predicted molar refractivity (Wildman–Crippen MR) is 359 cm³/mol. The molecule has 0 spiro atoms. The molecule has 0 unspecified atom stereocenters. The first-order valence-electron chi connectivity index (χ1n) is 29.6. The number of carbonyl (C=O) groups is 1. The normalized spacial score (nSPS) is 14.8. The topological polar surface area (TPSA) is 205 Å². The van der Waals surface area contributed by atoms with Gasteiger partial charge >= 0.3 is 13.1 Å². The molecule has 462 valence electrons. The van der Waals surface area contributed by atoms with Crippen molar-refractivity contribution in [3.8, 4) is 11.5 Å². The molecule has 0 radical (unpaired) electrons. The van der Waals surface area contributed by atoms with Crippen LogP contribution in [-0.4, -0.2) is 171 Å². The van der Waals surface area contributed by atoms with Crippen LogP contribution in [0.1, 0.15) is 31.9 Å². The van der Waals surface area contributed by atoms with Crippen LogP contribution in [0, 0.1) is 0 Å². The van der Waals surface area contributed by atoms with E-state index in [-0.39, 0.29) is 13.1 Å². The number of halogens is 4. The lowest BCUT2D eigenvalue weighted by Gasteiger charge is -2.36. The summed E-state index contributed by atoms with van der Waals surface area (Å²) in [6, 6.07) is 33.0. The first-order valence-corrected chi connectivity index (χ1v) is 31.1. The van der Waals surface area contributed by atoms with E-state index in [0.717, 1.165) is 152 Å². The Morgan fingerprint density at radius 3 is 1.53 bits per heavy atom. The SMILES string of the molecule is CB(O)N1CCNCC1.COc1ccc(Cn2cc3c(n2)c(Cl)nc2ccc(Cl)cc23)cc1.COc1ccc(Cn2cc3c(n2)c(N2CCN(C(=O)OC(C)(C)C)CC2)nc2ccc(Cl)cc23)cc1.Clc1ccc2nc(N3CCNCC3)c3[nH]ncc3c2c1. The minimum absolute atomic E-state index is 0.271. The lowest BCUT2D eigenvalue weighted by molar-refractivity contribution is 0.0240. The third-order valence-corrected chi connectivity index (χ3v) is 16.5. The molecule has 25 heteroatoms. The number of H-pyrrole nitrogens is 1. The number of nitrogens with one attached hydrogen (secondary N) is 3. The van der Waals surface area contributed by atoms with Crippen molar-refractivity contribution in [2.75, 3.05) is 103 Å². The zero-order valence-electron chi connectivity index (χ0n) is 50.5. The molecule has 9 heterocycles. The van der Waals surface area contributed by atoms with Crippen molar-refractivity contribution in [2.24, 2.45) is 0 Å². The molecule has 89 heavy (non-hydrogen) atoms. The van der Waals surface area contributed by atoms with Crippen molar-refractivity contribution < 1.29 is 24.0 Å². The molecular weight excluding hydrogens is 1210 g/mol. The Morgan fingerprint density at radius 1 is 0.573 bits per heavy atom. The number of aromatic amines is 1. The van der Waals surface area contributed by atoms with Crippen molar-refractivity contribution in [3.05, 3.63) is 153 Å². The van der Waals surface area contributed by atoms with Gasteiger partial charge in [0.15, 0.2) is 16.8 Å². The van der Waals surface area contributed by atoms with Crippen LogP contribution < -0.4 is 29.9 Å². The second-order valence-electron chi connectivity index (χ2n) is 22.9. The number of hydrogen-bond acceptors (Lipinski definition) is 16. The number of methoxy groups -OCH3 is 2. The summed E-state index contributed by atoms with van der Waals surface area (Å²) < 4.78 is 19.8.